The minimum Gasteiger partial charge on any atom is -0.389 e. The Morgan fingerprint density at radius 2 is 2.03 bits per heavy atom. The van der Waals surface area contributed by atoms with Crippen molar-refractivity contribution in [1.29, 1.82) is 5.41 Å². The number of pyridine rings is 1. The van der Waals surface area contributed by atoms with Gasteiger partial charge in [0.05, 0.1) is 16.7 Å². The fourth-order valence-corrected chi connectivity index (χ4v) is 3.07. The molecule has 0 saturated carbocycles. The molecule has 0 aliphatic carbocycles. The van der Waals surface area contributed by atoms with E-state index >= 15 is 0 Å². The molecule has 1 aromatic carbocycles. The van der Waals surface area contributed by atoms with Crippen molar-refractivity contribution in [2.75, 3.05) is 18.4 Å². The highest BCUT2D eigenvalue weighted by Crippen LogP contribution is 2.22. The highest BCUT2D eigenvalue weighted by atomic mass is 16.3. The Morgan fingerprint density at radius 1 is 1.31 bits per heavy atom. The number of nitrogens with zero attached hydrogens (tertiary/aromatic N) is 1. The zero-order chi connectivity index (χ0) is 21.6. The molecule has 2 aromatic rings. The number of aryl methyl sites for hydroxylation is 1. The molecular weight excluding hydrogens is 366 g/mol. The lowest BCUT2D eigenvalue weighted by molar-refractivity contribution is -0.117. The van der Waals surface area contributed by atoms with Crippen LogP contribution in [0.15, 0.2) is 24.3 Å². The van der Waals surface area contributed by atoms with Crippen molar-refractivity contribution in [3.63, 3.8) is 0 Å². The summed E-state index contributed by atoms with van der Waals surface area (Å²) in [5.41, 5.74) is 1.76. The molecule has 0 aliphatic rings. The number of hydrogen-bond donors (Lipinski definition) is 5. The van der Waals surface area contributed by atoms with Gasteiger partial charge in [0, 0.05) is 31.4 Å². The smallest absolute Gasteiger partial charge is 0.222 e. The summed E-state index contributed by atoms with van der Waals surface area (Å²) >= 11 is 0. The second-order valence-corrected chi connectivity index (χ2v) is 8.15. The van der Waals surface area contributed by atoms with Gasteiger partial charge in [0.2, 0.25) is 5.91 Å². The number of carbonyl (C=O) groups excluding carboxylic acids is 1. The summed E-state index contributed by atoms with van der Waals surface area (Å²) in [6, 6.07) is 8.13. The number of hydrogen-bond acceptors (Lipinski definition) is 6. The average Bonchev–Trinajstić information content (AvgIpc) is 2.62. The molecule has 7 heteroatoms. The Bertz CT molecular complexity index is 873. The molecule has 2 rings (SSSR count). The number of benzene rings is 1. The van der Waals surface area contributed by atoms with Gasteiger partial charge < -0.3 is 21.1 Å². The summed E-state index contributed by atoms with van der Waals surface area (Å²) in [6.45, 7) is 10.3. The van der Waals surface area contributed by atoms with Gasteiger partial charge in [-0.15, -0.1) is 0 Å². The lowest BCUT2D eigenvalue weighted by atomic mass is 10.1. The molecule has 0 spiro atoms. The third-order valence-electron chi connectivity index (χ3n) is 4.64. The molecule has 0 saturated heterocycles. The zero-order valence-corrected chi connectivity index (χ0v) is 18.0. The Labute approximate surface area is 172 Å². The van der Waals surface area contributed by atoms with E-state index in [4.69, 9.17) is 5.41 Å². The number of amides is 1. The van der Waals surface area contributed by atoms with Gasteiger partial charge in [0.15, 0.2) is 0 Å². The summed E-state index contributed by atoms with van der Waals surface area (Å²) < 4.78 is 0. The van der Waals surface area contributed by atoms with E-state index in [1.165, 1.54) is 6.92 Å². The standard InChI is InChI=1S/C22H33N5O2/c1-6-17(25-13-22(4,5)29)9-10-24-21-18(20(23)26-15(3)28)12-16-11-14(2)7-8-19(16)27-21/h7-8,11-12,17,25,29H,6,9-10,13H2,1-5H3,(H,24,27)(H2,23,26,28). The number of nitrogens with one attached hydrogen (secondary N) is 4. The molecule has 0 aliphatic heterocycles. The van der Waals surface area contributed by atoms with Crippen molar-refractivity contribution in [2.24, 2.45) is 0 Å². The van der Waals surface area contributed by atoms with Crippen LogP contribution in [0.5, 0.6) is 0 Å². The number of carbonyl (C=O) groups is 1. The molecule has 1 heterocycles. The van der Waals surface area contributed by atoms with E-state index in [1.54, 1.807) is 13.8 Å². The summed E-state index contributed by atoms with van der Waals surface area (Å²) in [6.07, 6.45) is 1.78. The lowest BCUT2D eigenvalue weighted by Crippen LogP contribution is -2.41. The number of anilines is 1. The van der Waals surface area contributed by atoms with Crippen molar-refractivity contribution in [1.82, 2.24) is 15.6 Å². The van der Waals surface area contributed by atoms with Gasteiger partial charge in [-0.3, -0.25) is 10.2 Å². The summed E-state index contributed by atoms with van der Waals surface area (Å²) in [7, 11) is 0. The first kappa shape index (κ1) is 22.8. The third kappa shape index (κ3) is 7.11. The number of amidine groups is 1. The maximum atomic E-state index is 11.4. The van der Waals surface area contributed by atoms with Crippen molar-refractivity contribution in [3.05, 3.63) is 35.4 Å². The Hall–Kier alpha value is -2.51. The molecule has 1 aromatic heterocycles. The molecule has 29 heavy (non-hydrogen) atoms. The monoisotopic (exact) mass is 399 g/mol. The molecule has 0 fully saturated rings. The zero-order valence-electron chi connectivity index (χ0n) is 18.0. The van der Waals surface area contributed by atoms with E-state index in [0.717, 1.165) is 29.3 Å². The first-order valence-electron chi connectivity index (χ1n) is 10.1. The van der Waals surface area contributed by atoms with Crippen LogP contribution in [0.3, 0.4) is 0 Å². The van der Waals surface area contributed by atoms with Gasteiger partial charge in [-0.2, -0.15) is 0 Å². The van der Waals surface area contributed by atoms with Crippen LogP contribution in [0.1, 0.15) is 51.7 Å². The first-order chi connectivity index (χ1) is 13.6. The average molecular weight is 400 g/mol. The Balaban J connectivity index is 2.18. The van der Waals surface area contributed by atoms with E-state index in [9.17, 15) is 9.90 Å². The van der Waals surface area contributed by atoms with E-state index < -0.39 is 5.60 Å². The normalized spacial score (nSPS) is 12.6. The minimum atomic E-state index is -0.751. The highest BCUT2D eigenvalue weighted by Gasteiger charge is 2.16. The topological polar surface area (TPSA) is 110 Å². The largest absolute Gasteiger partial charge is 0.389 e. The number of rotatable bonds is 9. The van der Waals surface area contributed by atoms with Crippen molar-refractivity contribution < 1.29 is 9.90 Å². The van der Waals surface area contributed by atoms with E-state index in [1.807, 2.05) is 31.2 Å². The molecule has 5 N–H and O–H groups in total. The summed E-state index contributed by atoms with van der Waals surface area (Å²) in [5.74, 6) is 0.327. The number of fused-ring (bicyclic) bond motifs is 1. The molecule has 1 amide bonds. The highest BCUT2D eigenvalue weighted by molar-refractivity contribution is 6.10. The third-order valence-corrected chi connectivity index (χ3v) is 4.64. The Kier molecular flexibility index (Phi) is 7.70. The maximum absolute atomic E-state index is 11.4. The summed E-state index contributed by atoms with van der Waals surface area (Å²) in [4.78, 5) is 16.1. The Morgan fingerprint density at radius 3 is 2.66 bits per heavy atom. The van der Waals surface area contributed by atoms with Crippen LogP contribution in [-0.4, -0.2) is 46.6 Å². The fraction of sp³-hybridized carbons (Fsp3) is 0.500. The van der Waals surface area contributed by atoms with Crippen LogP contribution in [0, 0.1) is 12.3 Å². The molecule has 0 radical (unpaired) electrons. The van der Waals surface area contributed by atoms with Crippen LogP contribution in [0.4, 0.5) is 5.82 Å². The number of aliphatic hydroxyl groups is 1. The molecule has 7 nitrogen and oxygen atoms in total. The fourth-order valence-electron chi connectivity index (χ4n) is 3.07. The predicted octanol–water partition coefficient (Wildman–Crippen LogP) is 2.95. The first-order valence-corrected chi connectivity index (χ1v) is 10.1. The minimum absolute atomic E-state index is 0.0307. The van der Waals surface area contributed by atoms with Gasteiger partial charge >= 0.3 is 0 Å². The molecule has 1 atom stereocenters. The van der Waals surface area contributed by atoms with Gasteiger partial charge in [-0.25, -0.2) is 4.98 Å². The van der Waals surface area contributed by atoms with Gasteiger partial charge in [0.25, 0.3) is 0 Å². The van der Waals surface area contributed by atoms with E-state index in [2.05, 4.69) is 27.9 Å². The second kappa shape index (κ2) is 9.80. The summed E-state index contributed by atoms with van der Waals surface area (Å²) in [5, 5.41) is 28.4. The van der Waals surface area contributed by atoms with Crippen molar-refractivity contribution in [2.45, 2.75) is 59.1 Å². The maximum Gasteiger partial charge on any atom is 0.222 e. The van der Waals surface area contributed by atoms with Crippen LogP contribution in [0.2, 0.25) is 0 Å². The van der Waals surface area contributed by atoms with Crippen LogP contribution < -0.4 is 16.0 Å². The quantitative estimate of drug-likeness (QED) is 0.329. The molecule has 1 unspecified atom stereocenters. The lowest BCUT2D eigenvalue weighted by Gasteiger charge is -2.23. The van der Waals surface area contributed by atoms with Crippen LogP contribution >= 0.6 is 0 Å². The molecule has 0 bridgehead atoms. The SMILES string of the molecule is CCC(CCNc1nc2ccc(C)cc2cc1C(=N)NC(C)=O)NCC(C)(C)O. The predicted molar refractivity (Wildman–Crippen MR) is 119 cm³/mol. The number of aromatic nitrogens is 1. The molecule has 158 valence electrons. The van der Waals surface area contributed by atoms with Gasteiger partial charge in [-0.1, -0.05) is 18.6 Å². The second-order valence-electron chi connectivity index (χ2n) is 8.15. The molecular formula is C22H33N5O2. The van der Waals surface area contributed by atoms with Gasteiger partial charge in [0.1, 0.15) is 11.7 Å². The van der Waals surface area contributed by atoms with Crippen LogP contribution in [-0.2, 0) is 4.79 Å². The van der Waals surface area contributed by atoms with E-state index in [-0.39, 0.29) is 17.8 Å². The van der Waals surface area contributed by atoms with Gasteiger partial charge in [-0.05, 0) is 51.8 Å². The van der Waals surface area contributed by atoms with E-state index in [0.29, 0.717) is 24.5 Å². The van der Waals surface area contributed by atoms with Crippen LogP contribution in [0.25, 0.3) is 10.9 Å². The van der Waals surface area contributed by atoms with Crippen molar-refractivity contribution >= 4 is 28.5 Å². The van der Waals surface area contributed by atoms with Crippen molar-refractivity contribution in [3.8, 4) is 0 Å².